The molecule has 2 unspecified atom stereocenters. The molecule has 6 heteroatoms. The quantitative estimate of drug-likeness (QED) is 0.836. The maximum atomic E-state index is 11.6. The maximum absolute atomic E-state index is 11.6. The summed E-state index contributed by atoms with van der Waals surface area (Å²) in [5.41, 5.74) is 6.24. The van der Waals surface area contributed by atoms with Gasteiger partial charge in [0.25, 0.3) is 5.91 Å². The minimum absolute atomic E-state index is 0.138. The van der Waals surface area contributed by atoms with Crippen molar-refractivity contribution in [3.63, 3.8) is 0 Å². The monoisotopic (exact) mass is 263 g/mol. The van der Waals surface area contributed by atoms with E-state index in [0.29, 0.717) is 23.5 Å². The number of anilines is 1. The molecule has 1 saturated carbocycles. The van der Waals surface area contributed by atoms with E-state index in [1.807, 2.05) is 0 Å². The van der Waals surface area contributed by atoms with Crippen molar-refractivity contribution in [1.29, 1.82) is 0 Å². The van der Waals surface area contributed by atoms with Crippen LogP contribution in [-0.4, -0.2) is 47.7 Å². The summed E-state index contributed by atoms with van der Waals surface area (Å²) in [5.74, 6) is 1.18. The molecule has 1 aliphatic rings. The number of rotatable bonds is 4. The Balaban J connectivity index is 1.87. The SMILES string of the molecule is CN(C)C(=O)c1ccc(NCC2CCC(N)C2)nn1. The molecule has 1 aliphatic carbocycles. The second kappa shape index (κ2) is 5.97. The number of nitrogens with two attached hydrogens (primary N) is 1. The molecule has 1 aromatic heterocycles. The number of aromatic nitrogens is 2. The Bertz CT molecular complexity index is 431. The second-order valence-corrected chi connectivity index (χ2v) is 5.32. The topological polar surface area (TPSA) is 84.1 Å². The molecule has 104 valence electrons. The van der Waals surface area contributed by atoms with Crippen LogP contribution in [0.15, 0.2) is 12.1 Å². The van der Waals surface area contributed by atoms with E-state index in [1.54, 1.807) is 26.2 Å². The molecule has 6 nitrogen and oxygen atoms in total. The van der Waals surface area contributed by atoms with Gasteiger partial charge in [0.05, 0.1) is 0 Å². The number of hydrogen-bond acceptors (Lipinski definition) is 5. The van der Waals surface area contributed by atoms with E-state index < -0.39 is 0 Å². The molecule has 3 N–H and O–H groups in total. The van der Waals surface area contributed by atoms with Gasteiger partial charge in [-0.3, -0.25) is 4.79 Å². The summed E-state index contributed by atoms with van der Waals surface area (Å²) in [7, 11) is 3.39. The van der Waals surface area contributed by atoms with Crippen LogP contribution in [0.5, 0.6) is 0 Å². The van der Waals surface area contributed by atoms with Crippen molar-refractivity contribution in [3.05, 3.63) is 17.8 Å². The van der Waals surface area contributed by atoms with Crippen LogP contribution >= 0.6 is 0 Å². The Morgan fingerprint density at radius 1 is 1.42 bits per heavy atom. The Labute approximate surface area is 113 Å². The molecule has 1 heterocycles. The van der Waals surface area contributed by atoms with Gasteiger partial charge in [-0.05, 0) is 37.3 Å². The first-order chi connectivity index (χ1) is 9.06. The number of carbonyl (C=O) groups is 1. The molecule has 1 fully saturated rings. The van der Waals surface area contributed by atoms with E-state index in [2.05, 4.69) is 15.5 Å². The van der Waals surface area contributed by atoms with E-state index in [-0.39, 0.29) is 5.91 Å². The van der Waals surface area contributed by atoms with Crippen molar-refractivity contribution in [2.24, 2.45) is 11.7 Å². The molecule has 0 bridgehead atoms. The van der Waals surface area contributed by atoms with Crippen LogP contribution in [0, 0.1) is 5.92 Å². The summed E-state index contributed by atoms with van der Waals surface area (Å²) in [6.07, 6.45) is 3.34. The van der Waals surface area contributed by atoms with Crippen LogP contribution < -0.4 is 11.1 Å². The minimum atomic E-state index is -0.138. The van der Waals surface area contributed by atoms with Gasteiger partial charge in [0.1, 0.15) is 5.82 Å². The van der Waals surface area contributed by atoms with Crippen molar-refractivity contribution < 1.29 is 4.79 Å². The van der Waals surface area contributed by atoms with Crippen LogP contribution in [0.2, 0.25) is 0 Å². The Morgan fingerprint density at radius 3 is 2.74 bits per heavy atom. The van der Waals surface area contributed by atoms with Crippen LogP contribution in [0.3, 0.4) is 0 Å². The third-order valence-corrected chi connectivity index (χ3v) is 3.44. The summed E-state index contributed by atoms with van der Waals surface area (Å²) in [6.45, 7) is 0.864. The Morgan fingerprint density at radius 2 is 2.21 bits per heavy atom. The van der Waals surface area contributed by atoms with E-state index in [1.165, 1.54) is 11.3 Å². The highest BCUT2D eigenvalue weighted by molar-refractivity contribution is 5.91. The molecule has 0 saturated heterocycles. The van der Waals surface area contributed by atoms with Gasteiger partial charge in [-0.2, -0.15) is 0 Å². The second-order valence-electron chi connectivity index (χ2n) is 5.32. The third-order valence-electron chi connectivity index (χ3n) is 3.44. The first kappa shape index (κ1) is 13.7. The fourth-order valence-corrected chi connectivity index (χ4v) is 2.32. The zero-order chi connectivity index (χ0) is 13.8. The summed E-state index contributed by atoms with van der Waals surface area (Å²) >= 11 is 0. The number of amides is 1. The lowest BCUT2D eigenvalue weighted by atomic mass is 10.1. The highest BCUT2D eigenvalue weighted by Crippen LogP contribution is 2.24. The molecule has 0 aromatic carbocycles. The maximum Gasteiger partial charge on any atom is 0.273 e. The van der Waals surface area contributed by atoms with Gasteiger partial charge in [0, 0.05) is 26.7 Å². The number of carbonyl (C=O) groups excluding carboxylic acids is 1. The Hall–Kier alpha value is -1.69. The van der Waals surface area contributed by atoms with Crippen molar-refractivity contribution in [2.75, 3.05) is 26.0 Å². The lowest BCUT2D eigenvalue weighted by molar-refractivity contribution is 0.0821. The van der Waals surface area contributed by atoms with Crippen molar-refractivity contribution in [1.82, 2.24) is 15.1 Å². The Kier molecular flexibility index (Phi) is 4.31. The van der Waals surface area contributed by atoms with Crippen LogP contribution in [-0.2, 0) is 0 Å². The molecule has 0 spiro atoms. The van der Waals surface area contributed by atoms with Crippen LogP contribution in [0.1, 0.15) is 29.8 Å². The first-order valence-corrected chi connectivity index (χ1v) is 6.61. The molecule has 1 aromatic rings. The van der Waals surface area contributed by atoms with Gasteiger partial charge < -0.3 is 16.0 Å². The smallest absolute Gasteiger partial charge is 0.273 e. The molecular formula is C13H21N5O. The zero-order valence-electron chi connectivity index (χ0n) is 11.5. The van der Waals surface area contributed by atoms with E-state index in [4.69, 9.17) is 5.73 Å². The van der Waals surface area contributed by atoms with Crippen LogP contribution in [0.4, 0.5) is 5.82 Å². The average molecular weight is 263 g/mol. The van der Waals surface area contributed by atoms with Crippen molar-refractivity contribution in [3.8, 4) is 0 Å². The highest BCUT2D eigenvalue weighted by Gasteiger charge is 2.21. The molecule has 1 amide bonds. The predicted molar refractivity (Wildman–Crippen MR) is 73.9 cm³/mol. The minimum Gasteiger partial charge on any atom is -0.368 e. The van der Waals surface area contributed by atoms with Gasteiger partial charge in [0.15, 0.2) is 5.69 Å². The first-order valence-electron chi connectivity index (χ1n) is 6.61. The van der Waals surface area contributed by atoms with Crippen molar-refractivity contribution in [2.45, 2.75) is 25.3 Å². The summed E-state index contributed by atoms with van der Waals surface area (Å²) in [4.78, 5) is 13.1. The average Bonchev–Trinajstić information content (AvgIpc) is 2.82. The zero-order valence-corrected chi connectivity index (χ0v) is 11.5. The van der Waals surface area contributed by atoms with Crippen molar-refractivity contribution >= 4 is 11.7 Å². The van der Waals surface area contributed by atoms with Gasteiger partial charge in [0.2, 0.25) is 0 Å². The predicted octanol–water partition coefficient (Wildman–Crippen LogP) is 0.718. The standard InChI is InChI=1S/C13H21N5O/c1-18(2)13(19)11-5-6-12(17-16-11)15-8-9-3-4-10(14)7-9/h5-6,9-10H,3-4,7-8,14H2,1-2H3,(H,15,17). The number of nitrogens with one attached hydrogen (secondary N) is 1. The third kappa shape index (κ3) is 3.64. The lowest BCUT2D eigenvalue weighted by Crippen LogP contribution is -2.23. The van der Waals surface area contributed by atoms with E-state index in [0.717, 1.165) is 19.4 Å². The van der Waals surface area contributed by atoms with E-state index in [9.17, 15) is 4.79 Å². The normalized spacial score (nSPS) is 22.3. The fourth-order valence-electron chi connectivity index (χ4n) is 2.32. The van der Waals surface area contributed by atoms with Crippen LogP contribution in [0.25, 0.3) is 0 Å². The molecule has 0 radical (unpaired) electrons. The lowest BCUT2D eigenvalue weighted by Gasteiger charge is -2.12. The van der Waals surface area contributed by atoms with Gasteiger partial charge in [-0.1, -0.05) is 0 Å². The molecule has 0 aliphatic heterocycles. The molecule has 2 atom stereocenters. The summed E-state index contributed by atoms with van der Waals surface area (Å²) in [5, 5.41) is 11.2. The summed E-state index contributed by atoms with van der Waals surface area (Å²) in [6, 6.07) is 3.83. The highest BCUT2D eigenvalue weighted by atomic mass is 16.2. The molecule has 2 rings (SSSR count). The van der Waals surface area contributed by atoms with Gasteiger partial charge in [-0.15, -0.1) is 10.2 Å². The largest absolute Gasteiger partial charge is 0.368 e. The van der Waals surface area contributed by atoms with E-state index >= 15 is 0 Å². The fraction of sp³-hybridized carbons (Fsp3) is 0.615. The molecular weight excluding hydrogens is 242 g/mol. The number of hydrogen-bond donors (Lipinski definition) is 2. The molecule has 19 heavy (non-hydrogen) atoms. The summed E-state index contributed by atoms with van der Waals surface area (Å²) < 4.78 is 0. The van der Waals surface area contributed by atoms with Gasteiger partial charge in [-0.25, -0.2) is 0 Å². The van der Waals surface area contributed by atoms with Gasteiger partial charge >= 0.3 is 0 Å². The number of nitrogens with zero attached hydrogens (tertiary/aromatic N) is 3.